The Kier molecular flexibility index (Phi) is 5.41. The molecule has 1 aliphatic heterocycles. The Morgan fingerprint density at radius 3 is 2.87 bits per heavy atom. The van der Waals surface area contributed by atoms with Gasteiger partial charge in [-0.05, 0) is 44.2 Å². The predicted octanol–water partition coefficient (Wildman–Crippen LogP) is 2.86. The predicted molar refractivity (Wildman–Crippen MR) is 90.0 cm³/mol. The van der Waals surface area contributed by atoms with Crippen LogP contribution >= 0.6 is 0 Å². The van der Waals surface area contributed by atoms with Crippen molar-refractivity contribution in [2.45, 2.75) is 45.8 Å². The van der Waals surface area contributed by atoms with Gasteiger partial charge in [-0.2, -0.15) is 0 Å². The molecule has 23 heavy (non-hydrogen) atoms. The number of nitrogens with one attached hydrogen (secondary N) is 1. The fourth-order valence-corrected chi connectivity index (χ4v) is 3.31. The van der Waals surface area contributed by atoms with Gasteiger partial charge in [-0.1, -0.05) is 6.07 Å². The summed E-state index contributed by atoms with van der Waals surface area (Å²) in [5.41, 5.74) is 2.34. The number of hydrogen-bond donors (Lipinski definition) is 1. The van der Waals surface area contributed by atoms with Crippen LogP contribution in [0.15, 0.2) is 30.7 Å². The first-order valence-corrected chi connectivity index (χ1v) is 8.52. The number of ether oxygens (including phenoxy) is 1. The third-order valence-electron chi connectivity index (χ3n) is 4.73. The van der Waals surface area contributed by atoms with Crippen LogP contribution in [-0.4, -0.2) is 27.7 Å². The summed E-state index contributed by atoms with van der Waals surface area (Å²) in [6.07, 6.45) is 7.99. The van der Waals surface area contributed by atoms with Gasteiger partial charge < -0.3 is 14.6 Å². The van der Waals surface area contributed by atoms with Crippen LogP contribution in [0.2, 0.25) is 0 Å². The van der Waals surface area contributed by atoms with Gasteiger partial charge in [-0.25, -0.2) is 4.98 Å². The lowest BCUT2D eigenvalue weighted by molar-refractivity contribution is 0.0517. The maximum absolute atomic E-state index is 5.54. The van der Waals surface area contributed by atoms with E-state index >= 15 is 0 Å². The van der Waals surface area contributed by atoms with Crippen LogP contribution in [0.25, 0.3) is 0 Å². The highest BCUT2D eigenvalue weighted by Gasteiger charge is 2.28. The van der Waals surface area contributed by atoms with E-state index in [-0.39, 0.29) is 6.04 Å². The van der Waals surface area contributed by atoms with Gasteiger partial charge in [0, 0.05) is 50.6 Å². The van der Waals surface area contributed by atoms with Crippen molar-refractivity contribution in [3.63, 3.8) is 0 Å². The molecule has 0 aliphatic carbocycles. The normalized spacial score (nSPS) is 17.3. The highest BCUT2D eigenvalue weighted by Crippen LogP contribution is 2.29. The summed E-state index contributed by atoms with van der Waals surface area (Å²) in [6, 6.07) is 4.40. The van der Waals surface area contributed by atoms with Crippen molar-refractivity contribution in [2.75, 3.05) is 13.2 Å². The summed E-state index contributed by atoms with van der Waals surface area (Å²) < 4.78 is 7.78. The molecule has 1 unspecified atom stereocenters. The van der Waals surface area contributed by atoms with Crippen LogP contribution in [0.1, 0.15) is 42.9 Å². The molecule has 0 radical (unpaired) electrons. The van der Waals surface area contributed by atoms with Gasteiger partial charge in [0.2, 0.25) is 0 Å². The Morgan fingerprint density at radius 2 is 2.13 bits per heavy atom. The van der Waals surface area contributed by atoms with Crippen LogP contribution in [0.4, 0.5) is 0 Å². The number of rotatable bonds is 6. The maximum atomic E-state index is 5.54. The monoisotopic (exact) mass is 314 g/mol. The number of aryl methyl sites for hydroxylation is 2. The first kappa shape index (κ1) is 16.1. The lowest BCUT2D eigenvalue weighted by Crippen LogP contribution is -2.34. The summed E-state index contributed by atoms with van der Waals surface area (Å²) in [7, 11) is 0. The Hall–Kier alpha value is -1.72. The van der Waals surface area contributed by atoms with Gasteiger partial charge in [0.15, 0.2) is 0 Å². The first-order chi connectivity index (χ1) is 11.3. The summed E-state index contributed by atoms with van der Waals surface area (Å²) in [4.78, 5) is 9.03. The van der Waals surface area contributed by atoms with Crippen LogP contribution < -0.4 is 5.32 Å². The fraction of sp³-hybridized carbons (Fsp3) is 0.556. The van der Waals surface area contributed by atoms with Crippen molar-refractivity contribution in [3.05, 3.63) is 47.8 Å². The molecule has 0 saturated carbocycles. The smallest absolute Gasteiger partial charge is 0.126 e. The molecular formula is C18H26N4O. The highest BCUT2D eigenvalue weighted by molar-refractivity contribution is 5.18. The molecule has 2 aromatic rings. The van der Waals surface area contributed by atoms with Crippen molar-refractivity contribution in [1.82, 2.24) is 19.9 Å². The molecule has 0 bridgehead atoms. The molecule has 1 aliphatic rings. The Labute approximate surface area is 138 Å². The number of hydrogen-bond acceptors (Lipinski definition) is 4. The van der Waals surface area contributed by atoms with E-state index in [0.717, 1.165) is 50.7 Å². The van der Waals surface area contributed by atoms with E-state index in [2.05, 4.69) is 46.0 Å². The SMILES string of the molecule is CCn1ccnc1C(NCc1cccnc1C)C1CCOCC1. The minimum atomic E-state index is 0.258. The van der Waals surface area contributed by atoms with Crippen LogP contribution in [-0.2, 0) is 17.8 Å². The van der Waals surface area contributed by atoms with Gasteiger partial charge >= 0.3 is 0 Å². The van der Waals surface area contributed by atoms with Crippen molar-refractivity contribution < 1.29 is 4.74 Å². The molecule has 3 rings (SSSR count). The number of imidazole rings is 1. The minimum absolute atomic E-state index is 0.258. The van der Waals surface area contributed by atoms with E-state index < -0.39 is 0 Å². The number of aromatic nitrogens is 3. The Bertz CT molecular complexity index is 619. The van der Waals surface area contributed by atoms with E-state index in [1.165, 1.54) is 5.56 Å². The largest absolute Gasteiger partial charge is 0.381 e. The average Bonchev–Trinajstić information content (AvgIpc) is 3.06. The van der Waals surface area contributed by atoms with E-state index in [1.54, 1.807) is 0 Å². The third kappa shape index (κ3) is 3.79. The molecule has 0 amide bonds. The van der Waals surface area contributed by atoms with E-state index in [9.17, 15) is 0 Å². The Balaban J connectivity index is 1.79. The molecule has 1 fully saturated rings. The van der Waals surface area contributed by atoms with E-state index in [4.69, 9.17) is 4.74 Å². The summed E-state index contributed by atoms with van der Waals surface area (Å²) in [5, 5.41) is 3.74. The second-order valence-electron chi connectivity index (χ2n) is 6.13. The van der Waals surface area contributed by atoms with Crippen LogP contribution in [0.5, 0.6) is 0 Å². The average molecular weight is 314 g/mol. The van der Waals surface area contributed by atoms with Gasteiger partial charge in [0.05, 0.1) is 6.04 Å². The zero-order chi connectivity index (χ0) is 16.1. The molecule has 5 heteroatoms. The maximum Gasteiger partial charge on any atom is 0.126 e. The molecule has 124 valence electrons. The lowest BCUT2D eigenvalue weighted by Gasteiger charge is -2.31. The first-order valence-electron chi connectivity index (χ1n) is 8.52. The summed E-state index contributed by atoms with van der Waals surface area (Å²) in [5.74, 6) is 1.70. The number of pyridine rings is 1. The van der Waals surface area contributed by atoms with Crippen molar-refractivity contribution >= 4 is 0 Å². The van der Waals surface area contributed by atoms with E-state index in [1.807, 2.05) is 18.5 Å². The van der Waals surface area contributed by atoms with Gasteiger partial charge in [0.25, 0.3) is 0 Å². The van der Waals surface area contributed by atoms with Crippen LogP contribution in [0.3, 0.4) is 0 Å². The molecular weight excluding hydrogens is 288 g/mol. The molecule has 1 atom stereocenters. The zero-order valence-corrected chi connectivity index (χ0v) is 14.0. The topological polar surface area (TPSA) is 52.0 Å². The molecule has 1 N–H and O–H groups in total. The fourth-order valence-electron chi connectivity index (χ4n) is 3.31. The molecule has 2 aromatic heterocycles. The summed E-state index contributed by atoms with van der Waals surface area (Å²) >= 11 is 0. The van der Waals surface area contributed by atoms with Gasteiger partial charge in [-0.15, -0.1) is 0 Å². The van der Waals surface area contributed by atoms with Crippen LogP contribution in [0, 0.1) is 12.8 Å². The quantitative estimate of drug-likeness (QED) is 0.891. The molecule has 0 aromatic carbocycles. The standard InChI is InChI=1S/C18H26N4O/c1-3-22-10-9-20-18(22)17(15-6-11-23-12-7-15)21-13-16-5-4-8-19-14(16)2/h4-5,8-10,15,17,21H,3,6-7,11-13H2,1-2H3. The molecule has 0 spiro atoms. The summed E-state index contributed by atoms with van der Waals surface area (Å²) in [6.45, 7) is 7.69. The number of nitrogens with zero attached hydrogens (tertiary/aromatic N) is 3. The lowest BCUT2D eigenvalue weighted by atomic mass is 9.90. The van der Waals surface area contributed by atoms with Crippen molar-refractivity contribution in [3.8, 4) is 0 Å². The zero-order valence-electron chi connectivity index (χ0n) is 14.0. The highest BCUT2D eigenvalue weighted by atomic mass is 16.5. The molecule has 1 saturated heterocycles. The van der Waals surface area contributed by atoms with Gasteiger partial charge in [-0.3, -0.25) is 4.98 Å². The van der Waals surface area contributed by atoms with Gasteiger partial charge in [0.1, 0.15) is 5.82 Å². The molecule has 5 nitrogen and oxygen atoms in total. The Morgan fingerprint density at radius 1 is 1.30 bits per heavy atom. The molecule has 3 heterocycles. The third-order valence-corrected chi connectivity index (χ3v) is 4.73. The van der Waals surface area contributed by atoms with E-state index in [0.29, 0.717) is 5.92 Å². The second-order valence-corrected chi connectivity index (χ2v) is 6.13. The minimum Gasteiger partial charge on any atom is -0.381 e. The van der Waals surface area contributed by atoms with Crippen molar-refractivity contribution in [2.24, 2.45) is 5.92 Å². The van der Waals surface area contributed by atoms with Crippen molar-refractivity contribution in [1.29, 1.82) is 0 Å². The second kappa shape index (κ2) is 7.70.